The topological polar surface area (TPSA) is 12.0 Å². The normalized spacial score (nSPS) is 19.8. The molecule has 1 aromatic carbocycles. The molecule has 14 heavy (non-hydrogen) atoms. The highest BCUT2D eigenvalue weighted by atomic mass is 14.9. The Morgan fingerprint density at radius 2 is 1.64 bits per heavy atom. The Labute approximate surface area is 86.5 Å². The average Bonchev–Trinajstić information content (AvgIpc) is 2.72. The first-order valence-corrected chi connectivity index (χ1v) is 4.89. The van der Waals surface area contributed by atoms with Crippen molar-refractivity contribution in [3.8, 4) is 0 Å². The predicted octanol–water partition coefficient (Wildman–Crippen LogP) is 2.70. The molecule has 5 radical (unpaired) electrons. The summed E-state index contributed by atoms with van der Waals surface area (Å²) in [5, 5.41) is 3.44. The van der Waals surface area contributed by atoms with E-state index in [2.05, 4.69) is 49.3 Å². The molecule has 0 aliphatic heterocycles. The van der Waals surface area contributed by atoms with Crippen molar-refractivity contribution in [2.24, 2.45) is 0 Å². The summed E-state index contributed by atoms with van der Waals surface area (Å²) in [5.74, 6) is 0. The molecule has 1 aromatic rings. The Hall–Kier alpha value is -0.820. The molecule has 71 valence electrons. The minimum Gasteiger partial charge on any atom is -0.302 e. The molecule has 0 unspecified atom stereocenters. The summed E-state index contributed by atoms with van der Waals surface area (Å²) in [7, 11) is 0. The molecule has 1 heteroatoms. The maximum Gasteiger partial charge on any atom is 0.0444 e. The molecule has 0 spiro atoms. The molecule has 1 saturated carbocycles. The van der Waals surface area contributed by atoms with E-state index >= 15 is 0 Å². The number of benzene rings is 1. The quantitative estimate of drug-likeness (QED) is 0.761. The molecule has 1 N–H and O–H groups in total. The van der Waals surface area contributed by atoms with Crippen LogP contribution < -0.4 is 5.32 Å². The van der Waals surface area contributed by atoms with E-state index in [4.69, 9.17) is 0 Å². The second-order valence-electron chi connectivity index (χ2n) is 3.45. The first-order valence-electron chi connectivity index (χ1n) is 4.89. The van der Waals surface area contributed by atoms with Crippen LogP contribution in [0.15, 0.2) is 30.3 Å². The minimum atomic E-state index is 0.360. The van der Waals surface area contributed by atoms with Crippen LogP contribution in [0.5, 0.6) is 0 Å². The number of nitrogens with one attached hydrogen (secondary N) is 1. The zero-order chi connectivity index (χ0) is 9.80. The van der Waals surface area contributed by atoms with Gasteiger partial charge in [0, 0.05) is 12.1 Å². The van der Waals surface area contributed by atoms with Crippen molar-refractivity contribution in [3.63, 3.8) is 0 Å². The number of rotatable bonds is 3. The largest absolute Gasteiger partial charge is 0.302 e. The summed E-state index contributed by atoms with van der Waals surface area (Å²) < 4.78 is 0. The molecule has 0 amide bonds. The van der Waals surface area contributed by atoms with Crippen molar-refractivity contribution in [1.29, 1.82) is 0 Å². The molecule has 0 heterocycles. The highest BCUT2D eigenvalue weighted by molar-refractivity contribution is 5.35. The lowest BCUT2D eigenvalue weighted by Crippen LogP contribution is -2.22. The van der Waals surface area contributed by atoms with Gasteiger partial charge >= 0.3 is 0 Å². The van der Waals surface area contributed by atoms with Gasteiger partial charge in [-0.25, -0.2) is 0 Å². The smallest absolute Gasteiger partial charge is 0.0444 e. The number of hydrogen-bond acceptors (Lipinski definition) is 1. The molecular weight excluding hydrogens is 170 g/mol. The number of hydrogen-bond donors (Lipinski definition) is 1. The van der Waals surface area contributed by atoms with Crippen LogP contribution in [0, 0.1) is 31.7 Å². The summed E-state index contributed by atoms with van der Waals surface area (Å²) in [6, 6.07) is 12.0. The van der Waals surface area contributed by atoms with Crippen LogP contribution in [0.1, 0.15) is 18.5 Å². The molecular formula is C13H14N. The fourth-order valence-corrected chi connectivity index (χ4v) is 1.55. The minimum absolute atomic E-state index is 0.360. The Morgan fingerprint density at radius 3 is 2.29 bits per heavy atom. The van der Waals surface area contributed by atoms with Crippen molar-refractivity contribution in [2.75, 3.05) is 0 Å². The summed E-state index contributed by atoms with van der Waals surface area (Å²) in [4.78, 5) is 0. The van der Waals surface area contributed by atoms with Crippen molar-refractivity contribution < 1.29 is 0 Å². The Bertz CT molecular complexity index is 262. The predicted molar refractivity (Wildman–Crippen MR) is 58.4 cm³/mol. The zero-order valence-electron chi connectivity index (χ0n) is 8.27. The van der Waals surface area contributed by atoms with Gasteiger partial charge in [-0.3, -0.25) is 0 Å². The maximum atomic E-state index is 3.44. The lowest BCUT2D eigenvalue weighted by Gasteiger charge is -2.18. The first kappa shape index (κ1) is 9.72. The van der Waals surface area contributed by atoms with Gasteiger partial charge < -0.3 is 5.32 Å². The molecule has 0 aromatic heterocycles. The van der Waals surface area contributed by atoms with Crippen LogP contribution in [0.25, 0.3) is 0 Å². The summed E-state index contributed by atoms with van der Waals surface area (Å²) >= 11 is 0. The van der Waals surface area contributed by atoms with Crippen molar-refractivity contribution >= 4 is 0 Å². The van der Waals surface area contributed by atoms with E-state index in [1.54, 1.807) is 0 Å². The lowest BCUT2D eigenvalue weighted by molar-refractivity contribution is 0.618. The van der Waals surface area contributed by atoms with E-state index in [-0.39, 0.29) is 0 Å². The Balaban J connectivity index is 1.92. The third-order valence-electron chi connectivity index (χ3n) is 2.35. The van der Waals surface area contributed by atoms with Gasteiger partial charge in [0.1, 0.15) is 0 Å². The van der Waals surface area contributed by atoms with Gasteiger partial charge in [0.15, 0.2) is 0 Å². The van der Waals surface area contributed by atoms with E-state index in [0.717, 1.165) is 0 Å². The second kappa shape index (κ2) is 4.61. The molecule has 0 bridgehead atoms. The molecule has 1 aliphatic carbocycles. The Morgan fingerprint density at radius 1 is 1.00 bits per heavy atom. The molecule has 1 fully saturated rings. The van der Waals surface area contributed by atoms with Gasteiger partial charge in [-0.05, 0) is 38.2 Å². The molecule has 1 aliphatic rings. The van der Waals surface area contributed by atoms with E-state index in [9.17, 15) is 0 Å². The van der Waals surface area contributed by atoms with E-state index in [1.165, 1.54) is 11.6 Å². The van der Waals surface area contributed by atoms with Crippen molar-refractivity contribution in [2.45, 2.75) is 13.0 Å². The van der Waals surface area contributed by atoms with Crippen molar-refractivity contribution in [3.05, 3.63) is 67.6 Å². The summed E-state index contributed by atoms with van der Waals surface area (Å²) in [6.07, 6.45) is 8.25. The highest BCUT2D eigenvalue weighted by Crippen LogP contribution is 2.24. The van der Waals surface area contributed by atoms with E-state index < -0.39 is 0 Å². The van der Waals surface area contributed by atoms with Gasteiger partial charge in [-0.2, -0.15) is 0 Å². The summed E-state index contributed by atoms with van der Waals surface area (Å²) in [5.41, 5.74) is 1.31. The van der Waals surface area contributed by atoms with Crippen molar-refractivity contribution in [1.82, 2.24) is 5.32 Å². The lowest BCUT2D eigenvalue weighted by atomic mass is 10.1. The summed E-state index contributed by atoms with van der Waals surface area (Å²) in [6.45, 7) is 2.17. The van der Waals surface area contributed by atoms with Gasteiger partial charge in [-0.15, -0.1) is 0 Å². The second-order valence-corrected chi connectivity index (χ2v) is 3.45. The fraction of sp³-hybridized carbons (Fsp3) is 0.154. The monoisotopic (exact) mass is 184 g/mol. The molecule has 2 rings (SSSR count). The van der Waals surface area contributed by atoms with E-state index in [0.29, 0.717) is 6.04 Å². The van der Waals surface area contributed by atoms with Gasteiger partial charge in [0.05, 0.1) is 0 Å². The third-order valence-corrected chi connectivity index (χ3v) is 2.35. The zero-order valence-corrected chi connectivity index (χ0v) is 8.27. The van der Waals surface area contributed by atoms with Gasteiger partial charge in [0.25, 0.3) is 0 Å². The van der Waals surface area contributed by atoms with E-state index in [1.807, 2.05) is 18.9 Å². The van der Waals surface area contributed by atoms with Gasteiger partial charge in [-0.1, -0.05) is 30.3 Å². The standard InChI is InChI=1S/C13H14N/c1-11(12-7-3-2-4-8-12)14-13-9-5-6-10-13/h2-11,14H,1H3/t11-/m0/s1. The third kappa shape index (κ3) is 2.36. The van der Waals surface area contributed by atoms with Crippen LogP contribution in [0.3, 0.4) is 0 Å². The maximum absolute atomic E-state index is 3.44. The molecule has 0 saturated heterocycles. The fourth-order valence-electron chi connectivity index (χ4n) is 1.55. The van der Waals surface area contributed by atoms with Crippen LogP contribution in [-0.4, -0.2) is 0 Å². The Kier molecular flexibility index (Phi) is 3.20. The van der Waals surface area contributed by atoms with Crippen LogP contribution in [0.2, 0.25) is 0 Å². The van der Waals surface area contributed by atoms with Crippen LogP contribution in [0.4, 0.5) is 0 Å². The van der Waals surface area contributed by atoms with Crippen LogP contribution in [-0.2, 0) is 0 Å². The molecule has 1 nitrogen and oxygen atoms in total. The highest BCUT2D eigenvalue weighted by Gasteiger charge is 2.18. The average molecular weight is 184 g/mol. The molecule has 1 atom stereocenters. The van der Waals surface area contributed by atoms with Gasteiger partial charge in [0.2, 0.25) is 0 Å². The van der Waals surface area contributed by atoms with Crippen LogP contribution >= 0.6 is 0 Å². The SMILES string of the molecule is C[C@H](N[C]1[CH][CH][CH][CH]1)c1ccccc1. The first-order chi connectivity index (χ1) is 6.86.